The zero-order valence-corrected chi connectivity index (χ0v) is 16.2. The maximum atomic E-state index is 12.2. The van der Waals surface area contributed by atoms with Crippen LogP contribution in [0, 0.1) is 6.92 Å². The fourth-order valence-corrected chi connectivity index (χ4v) is 3.98. The van der Waals surface area contributed by atoms with Crippen LogP contribution in [0.15, 0.2) is 53.5 Å². The Hall–Kier alpha value is -3.06. The highest BCUT2D eigenvalue weighted by atomic mass is 32.1. The van der Waals surface area contributed by atoms with Crippen molar-refractivity contribution < 1.29 is 9.53 Å². The zero-order valence-electron chi connectivity index (χ0n) is 15.4. The monoisotopic (exact) mass is 393 g/mol. The van der Waals surface area contributed by atoms with E-state index < -0.39 is 0 Å². The van der Waals surface area contributed by atoms with Crippen molar-refractivity contribution in [2.24, 2.45) is 0 Å². The van der Waals surface area contributed by atoms with Crippen molar-refractivity contribution in [3.05, 3.63) is 75.3 Å². The van der Waals surface area contributed by atoms with Gasteiger partial charge in [0.25, 0.3) is 5.56 Å². The lowest BCUT2D eigenvalue weighted by atomic mass is 10.2. The molecule has 3 heterocycles. The van der Waals surface area contributed by atoms with Crippen molar-refractivity contribution in [2.75, 3.05) is 0 Å². The number of rotatable bonds is 6. The van der Waals surface area contributed by atoms with Gasteiger partial charge in [-0.2, -0.15) is 0 Å². The van der Waals surface area contributed by atoms with Crippen LogP contribution in [0.3, 0.4) is 0 Å². The topological polar surface area (TPSA) is 73.6 Å². The fourth-order valence-electron chi connectivity index (χ4n) is 2.97. The molecule has 28 heavy (non-hydrogen) atoms. The number of pyridine rings is 1. The largest absolute Gasteiger partial charge is 0.459 e. The normalized spacial score (nSPS) is 11.2. The molecule has 0 spiro atoms. The first-order valence-electron chi connectivity index (χ1n) is 9.07. The van der Waals surface area contributed by atoms with E-state index in [0.29, 0.717) is 24.2 Å². The van der Waals surface area contributed by atoms with Crippen LogP contribution in [-0.4, -0.2) is 20.3 Å². The Balaban J connectivity index is 1.31. The van der Waals surface area contributed by atoms with E-state index in [9.17, 15) is 9.59 Å². The minimum Gasteiger partial charge on any atom is -0.459 e. The number of thiazole rings is 1. The van der Waals surface area contributed by atoms with E-state index in [1.54, 1.807) is 23.6 Å². The Bertz CT molecular complexity index is 1180. The van der Waals surface area contributed by atoms with Crippen LogP contribution < -0.4 is 5.56 Å². The highest BCUT2D eigenvalue weighted by Crippen LogP contribution is 2.22. The number of carbonyl (C=O) groups excluding carboxylic acids is 1. The quantitative estimate of drug-likeness (QED) is 0.467. The SMILES string of the molecule is Cc1ccc2nc(COC(=O)CCCc3nc4ccccc4s3)cc(=O)n2c1. The third-order valence-electron chi connectivity index (χ3n) is 4.35. The number of ether oxygens (including phenoxy) is 1. The molecule has 0 aliphatic rings. The third kappa shape index (κ3) is 4.09. The molecule has 0 saturated carbocycles. The highest BCUT2D eigenvalue weighted by Gasteiger charge is 2.09. The molecule has 0 aliphatic heterocycles. The summed E-state index contributed by atoms with van der Waals surface area (Å²) < 4.78 is 7.93. The molecule has 4 aromatic rings. The Labute approximate surface area is 165 Å². The van der Waals surface area contributed by atoms with E-state index in [1.807, 2.05) is 37.3 Å². The molecule has 0 radical (unpaired) electrons. The van der Waals surface area contributed by atoms with Gasteiger partial charge in [-0.15, -0.1) is 11.3 Å². The van der Waals surface area contributed by atoms with Crippen molar-refractivity contribution in [3.63, 3.8) is 0 Å². The van der Waals surface area contributed by atoms with Gasteiger partial charge in [-0.25, -0.2) is 9.97 Å². The second-order valence-corrected chi connectivity index (χ2v) is 7.73. The second-order valence-electron chi connectivity index (χ2n) is 6.61. The van der Waals surface area contributed by atoms with Crippen molar-refractivity contribution in [1.29, 1.82) is 0 Å². The van der Waals surface area contributed by atoms with Crippen LogP contribution in [0.5, 0.6) is 0 Å². The Morgan fingerprint density at radius 3 is 2.89 bits per heavy atom. The number of carbonyl (C=O) groups is 1. The summed E-state index contributed by atoms with van der Waals surface area (Å²) in [6.07, 6.45) is 3.46. The molecule has 0 saturated heterocycles. The standard InChI is InChI=1S/C21H19N3O3S/c1-14-9-10-18-22-15(11-20(25)24(18)12-14)13-27-21(26)8-4-7-19-23-16-5-2-3-6-17(16)28-19/h2-3,5-6,9-12H,4,7-8,13H2,1H3. The minimum absolute atomic E-state index is 0.000409. The van der Waals surface area contributed by atoms with E-state index in [2.05, 4.69) is 9.97 Å². The number of nitrogens with zero attached hydrogens (tertiary/aromatic N) is 3. The fraction of sp³-hybridized carbons (Fsp3) is 0.238. The summed E-state index contributed by atoms with van der Waals surface area (Å²) in [5.74, 6) is -0.299. The van der Waals surface area contributed by atoms with Crippen LogP contribution in [0.2, 0.25) is 0 Å². The molecule has 7 heteroatoms. The van der Waals surface area contributed by atoms with Crippen molar-refractivity contribution >= 4 is 33.2 Å². The van der Waals surface area contributed by atoms with Gasteiger partial charge in [-0.05, 0) is 43.5 Å². The van der Waals surface area contributed by atoms with Crippen LogP contribution in [0.4, 0.5) is 0 Å². The molecule has 6 nitrogen and oxygen atoms in total. The lowest BCUT2D eigenvalue weighted by Gasteiger charge is -2.06. The van der Waals surface area contributed by atoms with Gasteiger partial charge < -0.3 is 4.74 Å². The molecule has 142 valence electrons. The van der Waals surface area contributed by atoms with Gasteiger partial charge in [-0.3, -0.25) is 14.0 Å². The molecule has 0 amide bonds. The van der Waals surface area contributed by atoms with Gasteiger partial charge in [-0.1, -0.05) is 18.2 Å². The summed E-state index contributed by atoms with van der Waals surface area (Å²) in [5, 5.41) is 1.02. The van der Waals surface area contributed by atoms with Crippen molar-refractivity contribution in [3.8, 4) is 0 Å². The third-order valence-corrected chi connectivity index (χ3v) is 5.45. The lowest BCUT2D eigenvalue weighted by Crippen LogP contribution is -2.16. The zero-order chi connectivity index (χ0) is 19.5. The van der Waals surface area contributed by atoms with E-state index in [-0.39, 0.29) is 18.1 Å². The van der Waals surface area contributed by atoms with Crippen LogP contribution in [0.1, 0.15) is 29.1 Å². The number of hydrogen-bond donors (Lipinski definition) is 0. The summed E-state index contributed by atoms with van der Waals surface area (Å²) in [6, 6.07) is 13.1. The molecule has 4 rings (SSSR count). The summed E-state index contributed by atoms with van der Waals surface area (Å²) in [4.78, 5) is 33.1. The maximum absolute atomic E-state index is 12.2. The number of aryl methyl sites for hydroxylation is 2. The summed E-state index contributed by atoms with van der Waals surface area (Å²) in [5.41, 5.74) is 2.78. The van der Waals surface area contributed by atoms with Gasteiger partial charge in [0.2, 0.25) is 0 Å². The number of benzene rings is 1. The molecular formula is C21H19N3O3S. The average Bonchev–Trinajstić information content (AvgIpc) is 3.10. The number of para-hydroxylation sites is 1. The van der Waals surface area contributed by atoms with E-state index >= 15 is 0 Å². The molecule has 0 aliphatic carbocycles. The van der Waals surface area contributed by atoms with E-state index in [4.69, 9.17) is 4.74 Å². The molecule has 0 N–H and O–H groups in total. The average molecular weight is 393 g/mol. The summed E-state index contributed by atoms with van der Waals surface area (Å²) >= 11 is 1.65. The summed E-state index contributed by atoms with van der Waals surface area (Å²) in [7, 11) is 0. The lowest BCUT2D eigenvalue weighted by molar-refractivity contribution is -0.145. The Morgan fingerprint density at radius 1 is 1.18 bits per heavy atom. The molecule has 1 aromatic carbocycles. The molecular weight excluding hydrogens is 374 g/mol. The Kier molecular flexibility index (Phi) is 5.16. The maximum Gasteiger partial charge on any atom is 0.306 e. The molecule has 0 fully saturated rings. The smallest absolute Gasteiger partial charge is 0.306 e. The molecule has 0 unspecified atom stereocenters. The van der Waals surface area contributed by atoms with Crippen LogP contribution >= 0.6 is 11.3 Å². The molecule has 0 bridgehead atoms. The van der Waals surface area contributed by atoms with Gasteiger partial charge in [0.1, 0.15) is 12.3 Å². The van der Waals surface area contributed by atoms with Gasteiger partial charge in [0, 0.05) is 18.7 Å². The predicted octanol–water partition coefficient (Wildman–Crippen LogP) is 3.68. The Morgan fingerprint density at radius 2 is 2.04 bits per heavy atom. The van der Waals surface area contributed by atoms with Crippen LogP contribution in [-0.2, 0) is 22.6 Å². The summed E-state index contributed by atoms with van der Waals surface area (Å²) in [6.45, 7) is 1.91. The first-order valence-corrected chi connectivity index (χ1v) is 9.89. The second kappa shape index (κ2) is 7.90. The van der Waals surface area contributed by atoms with E-state index in [0.717, 1.165) is 27.2 Å². The van der Waals surface area contributed by atoms with E-state index in [1.165, 1.54) is 10.5 Å². The number of fused-ring (bicyclic) bond motifs is 2. The van der Waals surface area contributed by atoms with Gasteiger partial charge in [0.05, 0.1) is 20.9 Å². The van der Waals surface area contributed by atoms with Crippen LogP contribution in [0.25, 0.3) is 15.9 Å². The van der Waals surface area contributed by atoms with Crippen molar-refractivity contribution in [2.45, 2.75) is 32.8 Å². The first-order chi connectivity index (χ1) is 13.6. The molecule has 0 atom stereocenters. The highest BCUT2D eigenvalue weighted by molar-refractivity contribution is 7.18. The first kappa shape index (κ1) is 18.3. The minimum atomic E-state index is -0.299. The predicted molar refractivity (Wildman–Crippen MR) is 109 cm³/mol. The number of aromatic nitrogens is 3. The molecule has 3 aromatic heterocycles. The van der Waals surface area contributed by atoms with Gasteiger partial charge in [0.15, 0.2) is 0 Å². The number of esters is 1. The van der Waals surface area contributed by atoms with Gasteiger partial charge >= 0.3 is 5.97 Å². The number of hydrogen-bond acceptors (Lipinski definition) is 6. The van der Waals surface area contributed by atoms with Crippen molar-refractivity contribution in [1.82, 2.24) is 14.4 Å².